The number of aromatic nitrogens is 1. The van der Waals surface area contributed by atoms with Crippen molar-refractivity contribution < 1.29 is 9.18 Å². The maximum Gasteiger partial charge on any atom is 0.257 e. The van der Waals surface area contributed by atoms with Crippen molar-refractivity contribution in [2.45, 2.75) is 20.4 Å². The molecule has 1 amide bonds. The predicted octanol–water partition coefficient (Wildman–Crippen LogP) is 3.19. The first-order chi connectivity index (χ1) is 9.61. The molecule has 0 aliphatic heterocycles. The molecule has 2 rings (SSSR count). The van der Waals surface area contributed by atoms with Gasteiger partial charge >= 0.3 is 0 Å². The fraction of sp³-hybridized carbons (Fsp3) is 0.250. The Morgan fingerprint density at radius 1 is 1.20 bits per heavy atom. The number of aryl methyl sites for hydroxylation is 1. The summed E-state index contributed by atoms with van der Waals surface area (Å²) in [5.74, 6) is -0.804. The third kappa shape index (κ3) is 3.20. The van der Waals surface area contributed by atoms with Gasteiger partial charge in [0.1, 0.15) is 5.82 Å². The predicted molar refractivity (Wildman–Crippen MR) is 75.8 cm³/mol. The largest absolute Gasteiger partial charge is 0.333 e. The molecule has 104 valence electrons. The van der Waals surface area contributed by atoms with Crippen molar-refractivity contribution in [3.63, 3.8) is 0 Å². The summed E-state index contributed by atoms with van der Waals surface area (Å²) < 4.78 is 13.7. The number of halogens is 1. The van der Waals surface area contributed by atoms with Crippen LogP contribution in [0.4, 0.5) is 4.39 Å². The first-order valence-electron chi connectivity index (χ1n) is 6.58. The van der Waals surface area contributed by atoms with Gasteiger partial charge in [0.15, 0.2) is 0 Å². The number of carbonyl (C=O) groups is 1. The second kappa shape index (κ2) is 6.28. The maximum atomic E-state index is 13.7. The monoisotopic (exact) mass is 272 g/mol. The number of rotatable bonds is 4. The van der Waals surface area contributed by atoms with E-state index < -0.39 is 5.82 Å². The summed E-state index contributed by atoms with van der Waals surface area (Å²) in [6.45, 7) is 4.65. The van der Waals surface area contributed by atoms with Crippen molar-refractivity contribution >= 4 is 5.91 Å². The Morgan fingerprint density at radius 3 is 2.60 bits per heavy atom. The van der Waals surface area contributed by atoms with Gasteiger partial charge in [0.05, 0.1) is 17.8 Å². The van der Waals surface area contributed by atoms with E-state index in [0.717, 1.165) is 11.4 Å². The van der Waals surface area contributed by atoms with Gasteiger partial charge in [0.25, 0.3) is 5.91 Å². The van der Waals surface area contributed by atoms with Crippen LogP contribution in [-0.2, 0) is 6.54 Å². The van der Waals surface area contributed by atoms with Crippen LogP contribution in [0.2, 0.25) is 0 Å². The minimum absolute atomic E-state index is 0.0991. The summed E-state index contributed by atoms with van der Waals surface area (Å²) in [6, 6.07) is 11.7. The summed E-state index contributed by atoms with van der Waals surface area (Å²) >= 11 is 0. The summed E-state index contributed by atoms with van der Waals surface area (Å²) in [7, 11) is 0. The minimum atomic E-state index is -0.492. The molecule has 1 heterocycles. The van der Waals surface area contributed by atoms with Crippen LogP contribution in [-0.4, -0.2) is 22.3 Å². The number of benzene rings is 1. The smallest absolute Gasteiger partial charge is 0.257 e. The van der Waals surface area contributed by atoms with E-state index in [1.54, 1.807) is 17.0 Å². The van der Waals surface area contributed by atoms with Gasteiger partial charge in [-0.25, -0.2) is 4.39 Å². The molecule has 0 fully saturated rings. The van der Waals surface area contributed by atoms with Crippen molar-refractivity contribution in [1.82, 2.24) is 9.88 Å². The van der Waals surface area contributed by atoms with Crippen molar-refractivity contribution in [3.8, 4) is 0 Å². The number of amides is 1. The zero-order valence-corrected chi connectivity index (χ0v) is 11.6. The molecule has 0 unspecified atom stereocenters. The quantitative estimate of drug-likeness (QED) is 0.856. The van der Waals surface area contributed by atoms with Crippen LogP contribution in [0, 0.1) is 12.7 Å². The Hall–Kier alpha value is -2.23. The van der Waals surface area contributed by atoms with E-state index in [0.29, 0.717) is 13.1 Å². The molecule has 0 saturated carbocycles. The molecule has 3 nitrogen and oxygen atoms in total. The van der Waals surface area contributed by atoms with Gasteiger partial charge in [-0.2, -0.15) is 0 Å². The highest BCUT2D eigenvalue weighted by atomic mass is 19.1. The Kier molecular flexibility index (Phi) is 4.45. The van der Waals surface area contributed by atoms with Crippen LogP contribution in [0.5, 0.6) is 0 Å². The molecular weight excluding hydrogens is 255 g/mol. The van der Waals surface area contributed by atoms with Crippen LogP contribution >= 0.6 is 0 Å². The molecule has 0 atom stereocenters. The zero-order chi connectivity index (χ0) is 14.5. The lowest BCUT2D eigenvalue weighted by molar-refractivity contribution is 0.0746. The average molecular weight is 272 g/mol. The molecule has 1 aromatic heterocycles. The standard InChI is InChI=1S/C16H17FN2O/c1-3-19(11-13-8-6-7-12(2)18-13)16(20)14-9-4-5-10-15(14)17/h4-10H,3,11H2,1-2H3. The Morgan fingerprint density at radius 2 is 1.95 bits per heavy atom. The van der Waals surface area contributed by atoms with Gasteiger partial charge in [-0.1, -0.05) is 18.2 Å². The van der Waals surface area contributed by atoms with Gasteiger partial charge in [0, 0.05) is 12.2 Å². The lowest BCUT2D eigenvalue weighted by Crippen LogP contribution is -2.31. The lowest BCUT2D eigenvalue weighted by Gasteiger charge is -2.21. The van der Waals surface area contributed by atoms with E-state index in [4.69, 9.17) is 0 Å². The third-order valence-corrected chi connectivity index (χ3v) is 3.07. The van der Waals surface area contributed by atoms with E-state index in [1.807, 2.05) is 32.0 Å². The molecule has 0 bridgehead atoms. The summed E-state index contributed by atoms with van der Waals surface area (Å²) in [6.07, 6.45) is 0. The highest BCUT2D eigenvalue weighted by Gasteiger charge is 2.18. The van der Waals surface area contributed by atoms with Gasteiger partial charge in [-0.3, -0.25) is 9.78 Å². The van der Waals surface area contributed by atoms with Gasteiger partial charge in [-0.15, -0.1) is 0 Å². The molecule has 0 saturated heterocycles. The molecule has 0 radical (unpaired) electrons. The van der Waals surface area contributed by atoms with Crippen LogP contribution in [0.1, 0.15) is 28.7 Å². The molecule has 0 N–H and O–H groups in total. The number of hydrogen-bond donors (Lipinski definition) is 0. The molecule has 0 aliphatic rings. The third-order valence-electron chi connectivity index (χ3n) is 3.07. The summed E-state index contributed by atoms with van der Waals surface area (Å²) in [4.78, 5) is 18.3. The average Bonchev–Trinajstić information content (AvgIpc) is 2.44. The van der Waals surface area contributed by atoms with Crippen LogP contribution in [0.15, 0.2) is 42.5 Å². The fourth-order valence-electron chi connectivity index (χ4n) is 2.02. The molecule has 4 heteroatoms. The van der Waals surface area contributed by atoms with E-state index in [2.05, 4.69) is 4.98 Å². The highest BCUT2D eigenvalue weighted by molar-refractivity contribution is 5.94. The second-order valence-corrected chi connectivity index (χ2v) is 4.57. The first kappa shape index (κ1) is 14.2. The van der Waals surface area contributed by atoms with Crippen LogP contribution in [0.3, 0.4) is 0 Å². The molecule has 1 aromatic carbocycles. The Labute approximate surface area is 118 Å². The van der Waals surface area contributed by atoms with E-state index in [9.17, 15) is 9.18 Å². The fourth-order valence-corrected chi connectivity index (χ4v) is 2.02. The number of pyridine rings is 1. The van der Waals surface area contributed by atoms with E-state index >= 15 is 0 Å². The van der Waals surface area contributed by atoms with Crippen molar-refractivity contribution in [1.29, 1.82) is 0 Å². The normalized spacial score (nSPS) is 10.3. The summed E-state index contributed by atoms with van der Waals surface area (Å²) in [5, 5.41) is 0. The highest BCUT2D eigenvalue weighted by Crippen LogP contribution is 2.12. The van der Waals surface area contributed by atoms with Crippen molar-refractivity contribution in [2.24, 2.45) is 0 Å². The van der Waals surface area contributed by atoms with Gasteiger partial charge in [-0.05, 0) is 38.1 Å². The minimum Gasteiger partial charge on any atom is -0.333 e. The molecule has 0 spiro atoms. The van der Waals surface area contributed by atoms with Crippen LogP contribution in [0.25, 0.3) is 0 Å². The molecular formula is C16H17FN2O. The van der Waals surface area contributed by atoms with E-state index in [1.165, 1.54) is 12.1 Å². The topological polar surface area (TPSA) is 33.2 Å². The number of carbonyl (C=O) groups excluding carboxylic acids is 1. The second-order valence-electron chi connectivity index (χ2n) is 4.57. The first-order valence-corrected chi connectivity index (χ1v) is 6.58. The molecule has 2 aromatic rings. The maximum absolute atomic E-state index is 13.7. The molecule has 20 heavy (non-hydrogen) atoms. The van der Waals surface area contributed by atoms with Gasteiger partial charge < -0.3 is 4.90 Å². The number of hydrogen-bond acceptors (Lipinski definition) is 2. The van der Waals surface area contributed by atoms with Crippen molar-refractivity contribution in [3.05, 3.63) is 65.2 Å². The summed E-state index contributed by atoms with van der Waals surface area (Å²) in [5.41, 5.74) is 1.80. The Bertz CT molecular complexity index is 613. The lowest BCUT2D eigenvalue weighted by atomic mass is 10.1. The van der Waals surface area contributed by atoms with Crippen molar-refractivity contribution in [2.75, 3.05) is 6.54 Å². The molecule has 0 aliphatic carbocycles. The van der Waals surface area contributed by atoms with E-state index in [-0.39, 0.29) is 11.5 Å². The van der Waals surface area contributed by atoms with Crippen LogP contribution < -0.4 is 0 Å². The van der Waals surface area contributed by atoms with Gasteiger partial charge in [0.2, 0.25) is 0 Å². The number of nitrogens with zero attached hydrogens (tertiary/aromatic N) is 2. The SMILES string of the molecule is CCN(Cc1cccc(C)n1)C(=O)c1ccccc1F. The Balaban J connectivity index is 2.20. The zero-order valence-electron chi connectivity index (χ0n) is 11.6.